The quantitative estimate of drug-likeness (QED) is 0.655. The number of hydrogen-bond acceptors (Lipinski definition) is 5. The van der Waals surface area contributed by atoms with Crippen LogP contribution in [0, 0.1) is 6.92 Å². The van der Waals surface area contributed by atoms with E-state index in [1.165, 1.54) is 32.5 Å². The summed E-state index contributed by atoms with van der Waals surface area (Å²) in [7, 11) is 0. The highest BCUT2D eigenvalue weighted by Gasteiger charge is 2.28. The van der Waals surface area contributed by atoms with Gasteiger partial charge in [-0.15, -0.1) is 11.3 Å². The number of nitrogens with two attached hydrogens (primary N) is 1. The van der Waals surface area contributed by atoms with Gasteiger partial charge in [0.2, 0.25) is 5.91 Å². The second kappa shape index (κ2) is 8.37. The number of thiophene rings is 1. The Hall–Kier alpha value is -3.04. The number of aromatic nitrogens is 3. The molecule has 0 saturated heterocycles. The summed E-state index contributed by atoms with van der Waals surface area (Å²) in [6.45, 7) is 2.37. The first-order chi connectivity index (χ1) is 14.5. The molecule has 0 spiro atoms. The lowest BCUT2D eigenvalue weighted by Crippen LogP contribution is -2.30. The molecule has 1 amide bonds. The number of amides is 1. The zero-order chi connectivity index (χ0) is 21.3. The molecule has 9 heteroatoms. The normalized spacial score (nSPS) is 14.3. The minimum absolute atomic E-state index is 0.0207. The van der Waals surface area contributed by atoms with Crippen LogP contribution in [0.2, 0.25) is 0 Å². The fourth-order valence-corrected chi connectivity index (χ4v) is 4.65. The lowest BCUT2D eigenvalue weighted by molar-refractivity contribution is -0.118. The van der Waals surface area contributed by atoms with Crippen molar-refractivity contribution < 1.29 is 9.18 Å². The number of rotatable bonds is 6. The average molecular weight is 428 g/mol. The molecule has 30 heavy (non-hydrogen) atoms. The molecule has 1 aliphatic rings. The van der Waals surface area contributed by atoms with Crippen molar-refractivity contribution >= 4 is 27.9 Å². The van der Waals surface area contributed by atoms with Crippen LogP contribution in [0.3, 0.4) is 0 Å². The summed E-state index contributed by atoms with van der Waals surface area (Å²) in [6, 6.07) is 9.91. The molecule has 0 saturated carbocycles. The summed E-state index contributed by atoms with van der Waals surface area (Å²) in [4.78, 5) is 27.9. The van der Waals surface area contributed by atoms with E-state index >= 15 is 0 Å². The highest BCUT2D eigenvalue weighted by atomic mass is 32.1. The van der Waals surface area contributed by atoms with Gasteiger partial charge in [-0.1, -0.05) is 18.2 Å². The molecule has 3 heterocycles. The third-order valence-corrected chi connectivity index (χ3v) is 6.22. The second-order valence-corrected chi connectivity index (χ2v) is 8.37. The van der Waals surface area contributed by atoms with E-state index in [0.717, 1.165) is 27.5 Å². The van der Waals surface area contributed by atoms with Gasteiger partial charge in [0.15, 0.2) is 0 Å². The first kappa shape index (κ1) is 20.2. The van der Waals surface area contributed by atoms with Crippen LogP contribution in [-0.4, -0.2) is 26.8 Å². The third kappa shape index (κ3) is 3.73. The smallest absolute Gasteiger partial charge is 0.327 e. The van der Waals surface area contributed by atoms with Gasteiger partial charge in [-0.25, -0.2) is 13.9 Å². The highest BCUT2D eigenvalue weighted by Crippen LogP contribution is 2.39. The summed E-state index contributed by atoms with van der Waals surface area (Å²) in [6.07, 6.45) is 3.06. The maximum Gasteiger partial charge on any atom is 0.346 e. The van der Waals surface area contributed by atoms with E-state index in [2.05, 4.69) is 11.2 Å². The first-order valence-corrected chi connectivity index (χ1v) is 10.4. The van der Waals surface area contributed by atoms with Crippen molar-refractivity contribution in [3.63, 3.8) is 0 Å². The first-order valence-electron chi connectivity index (χ1n) is 9.62. The standard InChI is InChI=1S/C21H22FN5O2S/c1-14-3-2-4-16-5-7-18(28)27(20(14)16)19-8-6-17(30-19)12-25-13-24-26(21(25)29)11-15(9-22)10-23/h2-4,6,8-9,13H,5,7,10-12,23H2,1H3/b15-9+. The summed E-state index contributed by atoms with van der Waals surface area (Å²) in [5.41, 5.74) is 8.59. The van der Waals surface area contributed by atoms with Crippen molar-refractivity contribution in [2.24, 2.45) is 5.73 Å². The Bertz CT molecular complexity index is 1180. The van der Waals surface area contributed by atoms with Crippen molar-refractivity contribution in [3.8, 4) is 0 Å². The van der Waals surface area contributed by atoms with E-state index in [4.69, 9.17) is 5.73 Å². The molecule has 0 unspecified atom stereocenters. The van der Waals surface area contributed by atoms with Gasteiger partial charge in [0.05, 0.1) is 25.1 Å². The van der Waals surface area contributed by atoms with Crippen molar-refractivity contribution in [2.45, 2.75) is 32.9 Å². The minimum atomic E-state index is -0.340. The molecule has 0 radical (unpaired) electrons. The molecule has 0 bridgehead atoms. The molecule has 1 aromatic carbocycles. The van der Waals surface area contributed by atoms with Crippen LogP contribution >= 0.6 is 11.3 Å². The monoisotopic (exact) mass is 427 g/mol. The number of para-hydroxylation sites is 1. The molecule has 7 nitrogen and oxygen atoms in total. The Morgan fingerprint density at radius 1 is 1.27 bits per heavy atom. The molecule has 4 rings (SSSR count). The summed E-state index contributed by atoms with van der Waals surface area (Å²) in [5.74, 6) is 0.0718. The SMILES string of the molecule is Cc1cccc2c1N(c1ccc(Cn3cnn(C/C(=C/F)CN)c3=O)s1)C(=O)CC2. The topological polar surface area (TPSA) is 86.2 Å². The maximum absolute atomic E-state index is 12.8. The zero-order valence-electron chi connectivity index (χ0n) is 16.5. The molecular weight excluding hydrogens is 405 g/mol. The van der Waals surface area contributed by atoms with Crippen LogP contribution in [-0.2, 0) is 24.3 Å². The highest BCUT2D eigenvalue weighted by molar-refractivity contribution is 7.16. The number of carbonyl (C=O) groups is 1. The van der Waals surface area contributed by atoms with Gasteiger partial charge < -0.3 is 5.73 Å². The van der Waals surface area contributed by atoms with Crippen molar-refractivity contribution in [2.75, 3.05) is 11.4 Å². The van der Waals surface area contributed by atoms with Crippen LogP contribution in [0.15, 0.2) is 53.4 Å². The van der Waals surface area contributed by atoms with Gasteiger partial charge in [-0.05, 0) is 42.2 Å². The minimum Gasteiger partial charge on any atom is -0.327 e. The van der Waals surface area contributed by atoms with Gasteiger partial charge in [-0.3, -0.25) is 14.3 Å². The Kier molecular flexibility index (Phi) is 5.65. The van der Waals surface area contributed by atoms with E-state index in [9.17, 15) is 14.0 Å². The van der Waals surface area contributed by atoms with Crippen molar-refractivity contribution in [1.82, 2.24) is 14.3 Å². The average Bonchev–Trinajstić information content (AvgIpc) is 3.34. The van der Waals surface area contributed by atoms with E-state index in [0.29, 0.717) is 24.9 Å². The van der Waals surface area contributed by atoms with Gasteiger partial charge in [0.25, 0.3) is 0 Å². The van der Waals surface area contributed by atoms with Crippen LogP contribution in [0.25, 0.3) is 0 Å². The Morgan fingerprint density at radius 3 is 2.87 bits per heavy atom. The fraction of sp³-hybridized carbons (Fsp3) is 0.286. The van der Waals surface area contributed by atoms with Crippen molar-refractivity contribution in [3.05, 3.63) is 75.1 Å². The van der Waals surface area contributed by atoms with Crippen LogP contribution in [0.1, 0.15) is 22.4 Å². The van der Waals surface area contributed by atoms with Crippen LogP contribution in [0.5, 0.6) is 0 Å². The Balaban J connectivity index is 1.59. The Morgan fingerprint density at radius 2 is 2.10 bits per heavy atom. The summed E-state index contributed by atoms with van der Waals surface area (Å²) in [5, 5.41) is 4.87. The zero-order valence-corrected chi connectivity index (χ0v) is 17.4. The molecule has 3 aromatic rings. The largest absolute Gasteiger partial charge is 0.346 e. The molecular formula is C21H22FN5O2S. The predicted molar refractivity (Wildman–Crippen MR) is 115 cm³/mol. The fourth-order valence-electron chi connectivity index (χ4n) is 3.62. The maximum atomic E-state index is 12.8. The number of halogens is 1. The van der Waals surface area contributed by atoms with E-state index in [1.807, 2.05) is 31.2 Å². The molecule has 0 fully saturated rings. The third-order valence-electron chi connectivity index (χ3n) is 5.16. The van der Waals surface area contributed by atoms with Crippen LogP contribution < -0.4 is 16.3 Å². The number of anilines is 2. The summed E-state index contributed by atoms with van der Waals surface area (Å²) < 4.78 is 15.4. The number of hydrogen-bond donors (Lipinski definition) is 1. The number of benzene rings is 1. The van der Waals surface area contributed by atoms with Gasteiger partial charge in [0, 0.05) is 17.8 Å². The van der Waals surface area contributed by atoms with E-state index < -0.39 is 0 Å². The molecule has 1 aliphatic heterocycles. The number of carbonyl (C=O) groups excluding carboxylic acids is 1. The Labute approximate surface area is 176 Å². The summed E-state index contributed by atoms with van der Waals surface area (Å²) >= 11 is 1.47. The second-order valence-electron chi connectivity index (χ2n) is 7.22. The van der Waals surface area contributed by atoms with E-state index in [-0.39, 0.29) is 24.7 Å². The molecule has 156 valence electrons. The predicted octanol–water partition coefficient (Wildman–Crippen LogP) is 2.89. The number of nitrogens with zero attached hydrogens (tertiary/aromatic N) is 4. The molecule has 0 atom stereocenters. The number of fused-ring (bicyclic) bond motifs is 1. The lowest BCUT2D eigenvalue weighted by Gasteiger charge is -2.29. The molecule has 2 aromatic heterocycles. The number of aryl methyl sites for hydroxylation is 2. The van der Waals surface area contributed by atoms with Gasteiger partial charge in [-0.2, -0.15) is 5.10 Å². The van der Waals surface area contributed by atoms with Gasteiger partial charge >= 0.3 is 5.69 Å². The van der Waals surface area contributed by atoms with Crippen LogP contribution in [0.4, 0.5) is 15.1 Å². The molecule has 2 N–H and O–H groups in total. The molecule has 0 aliphatic carbocycles. The van der Waals surface area contributed by atoms with Crippen molar-refractivity contribution in [1.29, 1.82) is 0 Å². The van der Waals surface area contributed by atoms with Gasteiger partial charge in [0.1, 0.15) is 11.3 Å². The van der Waals surface area contributed by atoms with E-state index in [1.54, 1.807) is 4.90 Å². The lowest BCUT2D eigenvalue weighted by atomic mass is 9.98.